The average Bonchev–Trinajstić information content (AvgIpc) is 2.99. The molecule has 1 aliphatic heterocycles. The second-order valence-corrected chi connectivity index (χ2v) is 4.51. The Bertz CT molecular complexity index is 427. The minimum absolute atomic E-state index is 0.0553. The molecule has 0 radical (unpaired) electrons. The van der Waals surface area contributed by atoms with Crippen molar-refractivity contribution in [1.82, 2.24) is 16.0 Å². The number of amides is 2. The summed E-state index contributed by atoms with van der Waals surface area (Å²) >= 11 is 0. The number of hydrogen-bond acceptors (Lipinski definition) is 5. The predicted octanol–water partition coefficient (Wildman–Crippen LogP) is -0.496. The van der Waals surface area contributed by atoms with Crippen molar-refractivity contribution < 1.29 is 18.7 Å². The van der Waals surface area contributed by atoms with Crippen molar-refractivity contribution in [2.45, 2.75) is 12.5 Å². The van der Waals surface area contributed by atoms with Crippen molar-refractivity contribution in [3.63, 3.8) is 0 Å². The topological polar surface area (TPSA) is 92.6 Å². The third-order valence-corrected chi connectivity index (χ3v) is 2.91. The van der Waals surface area contributed by atoms with Crippen molar-refractivity contribution >= 4 is 11.8 Å². The van der Waals surface area contributed by atoms with Crippen LogP contribution < -0.4 is 16.0 Å². The second kappa shape index (κ2) is 7.66. The van der Waals surface area contributed by atoms with Crippen LogP contribution in [-0.2, 0) is 9.53 Å². The Kier molecular flexibility index (Phi) is 5.57. The predicted molar refractivity (Wildman–Crippen MR) is 71.3 cm³/mol. The Morgan fingerprint density at radius 1 is 1.35 bits per heavy atom. The maximum Gasteiger partial charge on any atom is 0.287 e. The summed E-state index contributed by atoms with van der Waals surface area (Å²) in [5.74, 6) is -0.0771. The summed E-state index contributed by atoms with van der Waals surface area (Å²) in [7, 11) is 0. The van der Waals surface area contributed by atoms with Crippen molar-refractivity contribution in [3.8, 4) is 0 Å². The molecule has 0 spiro atoms. The molecule has 0 aromatic carbocycles. The number of carbonyl (C=O) groups excluding carboxylic acids is 2. The van der Waals surface area contributed by atoms with Crippen molar-refractivity contribution in [3.05, 3.63) is 24.2 Å². The van der Waals surface area contributed by atoms with E-state index in [2.05, 4.69) is 16.0 Å². The van der Waals surface area contributed by atoms with E-state index < -0.39 is 0 Å². The number of hydrogen-bond donors (Lipinski definition) is 3. The lowest BCUT2D eigenvalue weighted by atomic mass is 10.2. The zero-order valence-corrected chi connectivity index (χ0v) is 11.2. The van der Waals surface area contributed by atoms with Gasteiger partial charge in [-0.1, -0.05) is 0 Å². The molecule has 1 unspecified atom stereocenters. The molecule has 0 bridgehead atoms. The summed E-state index contributed by atoms with van der Waals surface area (Å²) in [4.78, 5) is 23.2. The Labute approximate surface area is 117 Å². The molecule has 1 aromatic rings. The summed E-state index contributed by atoms with van der Waals surface area (Å²) < 4.78 is 10.2. The maximum atomic E-state index is 11.6. The number of nitrogens with one attached hydrogen (secondary N) is 3. The van der Waals surface area contributed by atoms with Crippen LogP contribution in [0.1, 0.15) is 17.0 Å². The van der Waals surface area contributed by atoms with Crippen LogP contribution >= 0.6 is 0 Å². The molecule has 2 rings (SSSR count). The third kappa shape index (κ3) is 4.67. The number of furan rings is 1. The summed E-state index contributed by atoms with van der Waals surface area (Å²) in [6, 6.07) is 3.31. The van der Waals surface area contributed by atoms with Gasteiger partial charge in [0.1, 0.15) is 0 Å². The van der Waals surface area contributed by atoms with Crippen LogP contribution in [0.5, 0.6) is 0 Å². The van der Waals surface area contributed by atoms with E-state index in [9.17, 15) is 9.59 Å². The molecular formula is C13H19N3O4. The van der Waals surface area contributed by atoms with Gasteiger partial charge in [-0.15, -0.1) is 0 Å². The highest BCUT2D eigenvalue weighted by Gasteiger charge is 2.16. The smallest absolute Gasteiger partial charge is 0.287 e. The minimum Gasteiger partial charge on any atom is -0.459 e. The zero-order valence-electron chi connectivity index (χ0n) is 11.2. The number of ether oxygens (including phenoxy) is 1. The van der Waals surface area contributed by atoms with Gasteiger partial charge in [0.25, 0.3) is 5.91 Å². The molecule has 1 fully saturated rings. The van der Waals surface area contributed by atoms with Gasteiger partial charge in [0, 0.05) is 32.1 Å². The first-order chi connectivity index (χ1) is 9.75. The highest BCUT2D eigenvalue weighted by molar-refractivity contribution is 5.91. The summed E-state index contributed by atoms with van der Waals surface area (Å²) in [5.41, 5.74) is 0. The largest absolute Gasteiger partial charge is 0.459 e. The van der Waals surface area contributed by atoms with Gasteiger partial charge in [-0.25, -0.2) is 0 Å². The second-order valence-electron chi connectivity index (χ2n) is 4.51. The number of rotatable bonds is 6. The van der Waals surface area contributed by atoms with Gasteiger partial charge < -0.3 is 25.1 Å². The molecule has 7 nitrogen and oxygen atoms in total. The highest BCUT2D eigenvalue weighted by Crippen LogP contribution is 1.99. The van der Waals surface area contributed by atoms with Crippen molar-refractivity contribution in [2.24, 2.45) is 0 Å². The molecule has 0 aliphatic carbocycles. The van der Waals surface area contributed by atoms with Crippen LogP contribution in [0.4, 0.5) is 0 Å². The molecule has 2 heterocycles. The number of carbonyl (C=O) groups is 2. The van der Waals surface area contributed by atoms with Gasteiger partial charge >= 0.3 is 0 Å². The van der Waals surface area contributed by atoms with E-state index in [1.807, 2.05) is 0 Å². The van der Waals surface area contributed by atoms with Gasteiger partial charge in [-0.3, -0.25) is 9.59 Å². The lowest BCUT2D eigenvalue weighted by molar-refractivity contribution is -0.122. The highest BCUT2D eigenvalue weighted by atomic mass is 16.5. The van der Waals surface area contributed by atoms with E-state index in [1.165, 1.54) is 6.26 Å². The molecule has 7 heteroatoms. The normalized spacial score (nSPS) is 18.5. The van der Waals surface area contributed by atoms with Crippen molar-refractivity contribution in [1.29, 1.82) is 0 Å². The zero-order chi connectivity index (χ0) is 14.2. The van der Waals surface area contributed by atoms with Crippen LogP contribution in [0.15, 0.2) is 22.8 Å². The number of morpholine rings is 1. The molecule has 1 aliphatic rings. The van der Waals surface area contributed by atoms with Gasteiger partial charge in [0.2, 0.25) is 5.91 Å². The molecule has 20 heavy (non-hydrogen) atoms. The van der Waals surface area contributed by atoms with Gasteiger partial charge in [0.05, 0.1) is 19.5 Å². The first kappa shape index (κ1) is 14.5. The Morgan fingerprint density at radius 3 is 2.90 bits per heavy atom. The molecule has 1 atom stereocenters. The lowest BCUT2D eigenvalue weighted by Gasteiger charge is -2.23. The summed E-state index contributed by atoms with van der Waals surface area (Å²) in [5, 5.41) is 8.62. The molecule has 110 valence electrons. The Balaban J connectivity index is 1.56. The lowest BCUT2D eigenvalue weighted by Crippen LogP contribution is -2.45. The first-order valence-electron chi connectivity index (χ1n) is 6.65. The summed E-state index contributed by atoms with van der Waals surface area (Å²) in [6.45, 7) is 2.77. The minimum atomic E-state index is -0.286. The first-order valence-corrected chi connectivity index (χ1v) is 6.65. The van der Waals surface area contributed by atoms with E-state index >= 15 is 0 Å². The van der Waals surface area contributed by atoms with Crippen LogP contribution in [0.2, 0.25) is 0 Å². The monoisotopic (exact) mass is 281 g/mol. The average molecular weight is 281 g/mol. The van der Waals surface area contributed by atoms with Crippen LogP contribution in [0, 0.1) is 0 Å². The van der Waals surface area contributed by atoms with Gasteiger partial charge in [-0.05, 0) is 12.1 Å². The van der Waals surface area contributed by atoms with E-state index in [-0.39, 0.29) is 23.6 Å². The quantitative estimate of drug-likeness (QED) is 0.612. The van der Waals surface area contributed by atoms with E-state index in [0.717, 1.165) is 6.54 Å². The fourth-order valence-corrected chi connectivity index (χ4v) is 1.92. The van der Waals surface area contributed by atoms with E-state index in [4.69, 9.17) is 9.15 Å². The third-order valence-electron chi connectivity index (χ3n) is 2.91. The van der Waals surface area contributed by atoms with Crippen LogP contribution in [-0.4, -0.2) is 50.7 Å². The Hall–Kier alpha value is -1.86. The molecule has 0 saturated carbocycles. The van der Waals surface area contributed by atoms with Gasteiger partial charge in [-0.2, -0.15) is 0 Å². The standard InChI is InChI=1S/C13H19N3O4/c17-12(8-10-9-19-7-5-14-10)15-3-4-16-13(18)11-2-1-6-20-11/h1-2,6,10,14H,3-5,7-9H2,(H,15,17)(H,16,18). The molecular weight excluding hydrogens is 262 g/mol. The maximum absolute atomic E-state index is 11.6. The van der Waals surface area contributed by atoms with Crippen LogP contribution in [0.3, 0.4) is 0 Å². The fourth-order valence-electron chi connectivity index (χ4n) is 1.92. The van der Waals surface area contributed by atoms with Crippen molar-refractivity contribution in [2.75, 3.05) is 32.8 Å². The molecule has 3 N–H and O–H groups in total. The van der Waals surface area contributed by atoms with Gasteiger partial charge in [0.15, 0.2) is 5.76 Å². The summed E-state index contributed by atoms with van der Waals surface area (Å²) in [6.07, 6.45) is 1.82. The molecule has 1 aromatic heterocycles. The molecule has 2 amide bonds. The van der Waals surface area contributed by atoms with E-state index in [1.54, 1.807) is 12.1 Å². The Morgan fingerprint density at radius 2 is 2.20 bits per heavy atom. The SMILES string of the molecule is O=C(CC1COCCN1)NCCNC(=O)c1ccco1. The van der Waals surface area contributed by atoms with Crippen LogP contribution in [0.25, 0.3) is 0 Å². The molecule has 1 saturated heterocycles. The van der Waals surface area contributed by atoms with E-state index in [0.29, 0.717) is 32.7 Å². The fraction of sp³-hybridized carbons (Fsp3) is 0.538.